The lowest BCUT2D eigenvalue weighted by Gasteiger charge is -2.23. The van der Waals surface area contributed by atoms with Gasteiger partial charge in [0.1, 0.15) is 18.1 Å². The molecule has 0 saturated heterocycles. The zero-order chi connectivity index (χ0) is 23.9. The summed E-state index contributed by atoms with van der Waals surface area (Å²) in [6.07, 6.45) is 2.73. The van der Waals surface area contributed by atoms with E-state index in [-0.39, 0.29) is 5.78 Å². The fourth-order valence-corrected chi connectivity index (χ4v) is 4.24. The minimum atomic E-state index is 0.0494. The van der Waals surface area contributed by atoms with Gasteiger partial charge in [-0.1, -0.05) is 43.3 Å². The number of ether oxygens (including phenoxy) is 2. The first kappa shape index (κ1) is 23.8. The third-order valence-corrected chi connectivity index (χ3v) is 6.06. The summed E-state index contributed by atoms with van der Waals surface area (Å²) in [7, 11) is 4.04. The van der Waals surface area contributed by atoms with Crippen molar-refractivity contribution in [3.8, 4) is 11.5 Å². The molecule has 0 N–H and O–H groups in total. The molecule has 176 valence electrons. The van der Waals surface area contributed by atoms with Crippen LogP contribution >= 0.6 is 0 Å². The predicted octanol–water partition coefficient (Wildman–Crippen LogP) is 6.16. The van der Waals surface area contributed by atoms with E-state index >= 15 is 0 Å². The molecule has 4 rings (SSSR count). The maximum Gasteiger partial charge on any atom is 0.193 e. The number of nitrogens with zero attached hydrogens (tertiary/aromatic N) is 1. The Balaban J connectivity index is 1.66. The van der Waals surface area contributed by atoms with Crippen molar-refractivity contribution in [2.45, 2.75) is 26.2 Å². The van der Waals surface area contributed by atoms with Gasteiger partial charge in [-0.15, -0.1) is 0 Å². The maximum atomic E-state index is 13.8. The fraction of sp³-hybridized carbons (Fsp3) is 0.300. The summed E-state index contributed by atoms with van der Waals surface area (Å²) in [5.74, 6) is 1.69. The average molecular weight is 456 g/mol. The Morgan fingerprint density at radius 1 is 0.824 bits per heavy atom. The van der Waals surface area contributed by atoms with Gasteiger partial charge in [-0.05, 0) is 92.0 Å². The minimum Gasteiger partial charge on any atom is -0.494 e. The number of hydrogen-bond acceptors (Lipinski definition) is 4. The van der Waals surface area contributed by atoms with E-state index < -0.39 is 0 Å². The first-order valence-corrected chi connectivity index (χ1v) is 12.0. The van der Waals surface area contributed by atoms with Gasteiger partial charge >= 0.3 is 0 Å². The van der Waals surface area contributed by atoms with E-state index in [9.17, 15) is 4.79 Å². The molecule has 3 aromatic carbocycles. The smallest absolute Gasteiger partial charge is 0.193 e. The minimum absolute atomic E-state index is 0.0494. The first-order chi connectivity index (χ1) is 16.6. The average Bonchev–Trinajstić information content (AvgIpc) is 2.87. The molecule has 0 aliphatic heterocycles. The molecule has 4 heteroatoms. The van der Waals surface area contributed by atoms with Gasteiger partial charge in [-0.25, -0.2) is 0 Å². The molecule has 0 amide bonds. The number of carbonyl (C=O) groups is 1. The van der Waals surface area contributed by atoms with Gasteiger partial charge in [0.2, 0.25) is 0 Å². The molecule has 3 aromatic rings. The molecule has 1 aliphatic carbocycles. The third kappa shape index (κ3) is 5.57. The zero-order valence-electron chi connectivity index (χ0n) is 20.3. The Morgan fingerprint density at radius 2 is 1.47 bits per heavy atom. The lowest BCUT2D eigenvalue weighted by atomic mass is 9.79. The molecule has 0 bridgehead atoms. The summed E-state index contributed by atoms with van der Waals surface area (Å²) >= 11 is 0. The van der Waals surface area contributed by atoms with Gasteiger partial charge < -0.3 is 14.4 Å². The van der Waals surface area contributed by atoms with Gasteiger partial charge in [-0.2, -0.15) is 0 Å². The van der Waals surface area contributed by atoms with E-state index in [2.05, 4.69) is 36.1 Å². The molecule has 34 heavy (non-hydrogen) atoms. The predicted molar refractivity (Wildman–Crippen MR) is 139 cm³/mol. The first-order valence-electron chi connectivity index (χ1n) is 12.0. The van der Waals surface area contributed by atoms with Crippen LogP contribution in [-0.4, -0.2) is 44.5 Å². The number of fused-ring (bicyclic) bond motifs is 1. The van der Waals surface area contributed by atoms with E-state index in [1.165, 1.54) is 5.56 Å². The number of Topliss-reactive ketones (excluding diaryl/α,β-unsaturated/α-hetero) is 1. The molecule has 0 spiro atoms. The largest absolute Gasteiger partial charge is 0.494 e. The number of benzene rings is 3. The molecule has 0 saturated carbocycles. The van der Waals surface area contributed by atoms with Crippen molar-refractivity contribution in [1.29, 1.82) is 0 Å². The van der Waals surface area contributed by atoms with E-state index in [1.807, 2.05) is 62.6 Å². The van der Waals surface area contributed by atoms with Crippen LogP contribution in [0.2, 0.25) is 0 Å². The van der Waals surface area contributed by atoms with Crippen LogP contribution in [0.15, 0.2) is 72.8 Å². The van der Waals surface area contributed by atoms with Crippen LogP contribution < -0.4 is 9.47 Å². The number of carbonyl (C=O) groups excluding carboxylic acids is 1. The fourth-order valence-electron chi connectivity index (χ4n) is 4.24. The van der Waals surface area contributed by atoms with Gasteiger partial charge in [-0.3, -0.25) is 4.79 Å². The molecular formula is C30H33NO3. The van der Waals surface area contributed by atoms with Crippen molar-refractivity contribution < 1.29 is 14.3 Å². The summed E-state index contributed by atoms with van der Waals surface area (Å²) in [6.45, 7) is 4.25. The second-order valence-corrected chi connectivity index (χ2v) is 8.89. The summed E-state index contributed by atoms with van der Waals surface area (Å²) < 4.78 is 11.6. The number of likely N-dealkylation sites (N-methyl/N-ethyl adjacent to an activating group) is 1. The van der Waals surface area contributed by atoms with Gasteiger partial charge in [0.15, 0.2) is 5.78 Å². The Hall–Kier alpha value is -3.37. The number of allylic oxidation sites excluding steroid dienone is 2. The maximum absolute atomic E-state index is 13.8. The highest BCUT2D eigenvalue weighted by Crippen LogP contribution is 2.39. The van der Waals surface area contributed by atoms with E-state index in [1.54, 1.807) is 0 Å². The van der Waals surface area contributed by atoms with Crippen molar-refractivity contribution in [3.63, 3.8) is 0 Å². The molecule has 0 unspecified atom stereocenters. The van der Waals surface area contributed by atoms with Crippen LogP contribution in [0.1, 0.15) is 46.8 Å². The lowest BCUT2D eigenvalue weighted by Crippen LogP contribution is -2.19. The Morgan fingerprint density at radius 3 is 2.15 bits per heavy atom. The van der Waals surface area contributed by atoms with E-state index in [0.29, 0.717) is 18.8 Å². The number of hydrogen-bond donors (Lipinski definition) is 0. The van der Waals surface area contributed by atoms with Gasteiger partial charge in [0.25, 0.3) is 0 Å². The van der Waals surface area contributed by atoms with E-state index in [0.717, 1.165) is 59.6 Å². The summed E-state index contributed by atoms with van der Waals surface area (Å²) in [6, 6.07) is 23.9. The normalized spacial score (nSPS) is 13.1. The quantitative estimate of drug-likeness (QED) is 0.344. The second-order valence-electron chi connectivity index (χ2n) is 8.89. The molecule has 0 fully saturated rings. The van der Waals surface area contributed by atoms with Crippen LogP contribution in [0.25, 0.3) is 11.1 Å². The van der Waals surface area contributed by atoms with Crippen LogP contribution in [0, 0.1) is 0 Å². The number of rotatable bonds is 10. The molecule has 1 aliphatic rings. The molecule has 0 atom stereocenters. The molecular weight excluding hydrogens is 422 g/mol. The Labute approximate surface area is 202 Å². The van der Waals surface area contributed by atoms with Crippen molar-refractivity contribution >= 4 is 16.9 Å². The van der Waals surface area contributed by atoms with Crippen molar-refractivity contribution in [1.82, 2.24) is 4.90 Å². The summed E-state index contributed by atoms with van der Waals surface area (Å²) in [4.78, 5) is 15.9. The second kappa shape index (κ2) is 11.2. The van der Waals surface area contributed by atoms with Crippen LogP contribution in [0.5, 0.6) is 11.5 Å². The van der Waals surface area contributed by atoms with Crippen LogP contribution in [0.3, 0.4) is 0 Å². The van der Waals surface area contributed by atoms with Crippen LogP contribution in [-0.2, 0) is 6.42 Å². The zero-order valence-corrected chi connectivity index (χ0v) is 20.3. The van der Waals surface area contributed by atoms with Crippen molar-refractivity contribution in [3.05, 3.63) is 95.1 Å². The highest BCUT2D eigenvalue weighted by Gasteiger charge is 2.26. The van der Waals surface area contributed by atoms with Crippen molar-refractivity contribution in [2.75, 3.05) is 33.9 Å². The van der Waals surface area contributed by atoms with Crippen LogP contribution in [0.4, 0.5) is 0 Å². The molecule has 4 nitrogen and oxygen atoms in total. The Kier molecular flexibility index (Phi) is 7.81. The Bertz CT molecular complexity index is 1140. The summed E-state index contributed by atoms with van der Waals surface area (Å²) in [5.41, 5.74) is 5.90. The number of ketones is 1. The van der Waals surface area contributed by atoms with Gasteiger partial charge in [0, 0.05) is 17.7 Å². The topological polar surface area (TPSA) is 38.8 Å². The highest BCUT2D eigenvalue weighted by atomic mass is 16.5. The molecule has 0 heterocycles. The monoisotopic (exact) mass is 455 g/mol. The summed E-state index contributed by atoms with van der Waals surface area (Å²) in [5, 5.41) is 0. The highest BCUT2D eigenvalue weighted by molar-refractivity contribution is 6.35. The van der Waals surface area contributed by atoms with E-state index in [4.69, 9.17) is 9.47 Å². The SMILES string of the molecule is CCCOc1ccc(C2=C(C(=O)c3ccc(OCCN(C)C)cc3)c3ccccc3CC2)cc1. The van der Waals surface area contributed by atoms with Gasteiger partial charge in [0.05, 0.1) is 6.61 Å². The molecule has 0 aromatic heterocycles. The lowest BCUT2D eigenvalue weighted by molar-refractivity contribution is 0.105. The third-order valence-electron chi connectivity index (χ3n) is 6.06. The standard InChI is InChI=1S/C30H33NO3/c1-4-20-33-25-14-9-23(10-15-25)28-18-13-22-7-5-6-8-27(22)29(28)30(32)24-11-16-26(17-12-24)34-21-19-31(2)3/h5-12,14-17H,4,13,18-21H2,1-3H3. The van der Waals surface area contributed by atoms with Crippen molar-refractivity contribution in [2.24, 2.45) is 0 Å². The number of aryl methyl sites for hydroxylation is 1. The molecule has 0 radical (unpaired) electrons.